The summed E-state index contributed by atoms with van der Waals surface area (Å²) in [7, 11) is 1.66. The first-order chi connectivity index (χ1) is 15.2. The summed E-state index contributed by atoms with van der Waals surface area (Å²) in [6.07, 6.45) is 4.36. The number of carbonyl (C=O) groups excluding carboxylic acids is 1. The monoisotopic (exact) mass is 415 g/mol. The van der Waals surface area contributed by atoms with E-state index in [-0.39, 0.29) is 11.8 Å². The van der Waals surface area contributed by atoms with Crippen molar-refractivity contribution in [2.75, 3.05) is 20.2 Å². The lowest BCUT2D eigenvalue weighted by Gasteiger charge is -2.31. The molecule has 1 fully saturated rings. The molecule has 1 unspecified atom stereocenters. The molecule has 1 aliphatic heterocycles. The topological polar surface area (TPSA) is 71.4 Å². The van der Waals surface area contributed by atoms with Crippen LogP contribution in [0.3, 0.4) is 0 Å². The van der Waals surface area contributed by atoms with Crippen molar-refractivity contribution >= 4 is 16.8 Å². The number of H-pyrrole nitrogens is 1. The van der Waals surface area contributed by atoms with E-state index in [2.05, 4.69) is 9.97 Å². The number of ether oxygens (including phenoxy) is 1. The molecule has 6 nitrogen and oxygen atoms in total. The Morgan fingerprint density at radius 2 is 2.13 bits per heavy atom. The zero-order valence-electron chi connectivity index (χ0n) is 17.5. The average Bonchev–Trinajstić information content (AvgIpc) is 3.46. The molecule has 0 bridgehead atoms. The standard InChI is InChI=1S/C25H25N3O3/c1-30-20-9-4-6-17(12-20)13-21-15-26-24(31-21)19-8-5-11-28(16-19)25(29)23-14-18-7-2-3-10-22(18)27-23/h2-4,6-7,9-10,12,14-15,19,27H,5,8,11,13,16H2,1H3. The van der Waals surface area contributed by atoms with Crippen LogP contribution in [-0.4, -0.2) is 41.0 Å². The number of para-hydroxylation sites is 1. The molecule has 3 heterocycles. The number of fused-ring (bicyclic) bond motifs is 1. The van der Waals surface area contributed by atoms with E-state index < -0.39 is 0 Å². The van der Waals surface area contributed by atoms with Crippen LogP contribution in [0.4, 0.5) is 0 Å². The van der Waals surface area contributed by atoms with Gasteiger partial charge in [-0.3, -0.25) is 4.79 Å². The number of benzene rings is 2. The van der Waals surface area contributed by atoms with Crippen molar-refractivity contribution in [3.05, 3.63) is 83.7 Å². The second-order valence-corrected chi connectivity index (χ2v) is 8.05. The lowest BCUT2D eigenvalue weighted by atomic mass is 9.97. The highest BCUT2D eigenvalue weighted by Crippen LogP contribution is 2.29. The van der Waals surface area contributed by atoms with Crippen molar-refractivity contribution < 1.29 is 13.9 Å². The number of piperidine rings is 1. The molecule has 158 valence electrons. The number of likely N-dealkylation sites (tertiary alicyclic amines) is 1. The molecule has 31 heavy (non-hydrogen) atoms. The van der Waals surface area contributed by atoms with Gasteiger partial charge in [-0.05, 0) is 42.7 Å². The minimum Gasteiger partial charge on any atom is -0.497 e. The molecule has 0 saturated carbocycles. The summed E-state index contributed by atoms with van der Waals surface area (Å²) in [6.45, 7) is 1.37. The molecule has 6 heteroatoms. The molecular weight excluding hydrogens is 390 g/mol. The summed E-state index contributed by atoms with van der Waals surface area (Å²) in [6, 6.07) is 17.8. The Bertz CT molecular complexity index is 1180. The van der Waals surface area contributed by atoms with Gasteiger partial charge >= 0.3 is 0 Å². The highest BCUT2D eigenvalue weighted by atomic mass is 16.5. The number of nitrogens with zero attached hydrogens (tertiary/aromatic N) is 2. The predicted octanol–water partition coefficient (Wildman–Crippen LogP) is 4.78. The van der Waals surface area contributed by atoms with Gasteiger partial charge in [0, 0.05) is 30.4 Å². The van der Waals surface area contributed by atoms with Crippen molar-refractivity contribution in [3.63, 3.8) is 0 Å². The fourth-order valence-corrected chi connectivity index (χ4v) is 4.30. The Hall–Kier alpha value is -3.54. The summed E-state index contributed by atoms with van der Waals surface area (Å²) in [5, 5.41) is 1.05. The van der Waals surface area contributed by atoms with Gasteiger partial charge in [-0.15, -0.1) is 0 Å². The van der Waals surface area contributed by atoms with Gasteiger partial charge in [0.05, 0.1) is 19.2 Å². The van der Waals surface area contributed by atoms with Crippen molar-refractivity contribution in [2.45, 2.75) is 25.2 Å². The second-order valence-electron chi connectivity index (χ2n) is 8.05. The normalized spacial score (nSPS) is 16.5. The number of methoxy groups -OCH3 is 1. The SMILES string of the molecule is COc1cccc(Cc2cnc(C3CCCN(C(=O)c4cc5ccccc5[nH]4)C3)o2)c1. The zero-order valence-corrected chi connectivity index (χ0v) is 17.5. The van der Waals surface area contributed by atoms with Crippen LogP contribution >= 0.6 is 0 Å². The van der Waals surface area contributed by atoms with Crippen LogP contribution < -0.4 is 4.74 Å². The first-order valence-corrected chi connectivity index (χ1v) is 10.6. The Balaban J connectivity index is 1.28. The molecule has 5 rings (SSSR count). The van der Waals surface area contributed by atoms with E-state index in [0.29, 0.717) is 24.6 Å². The Morgan fingerprint density at radius 3 is 3.00 bits per heavy atom. The van der Waals surface area contributed by atoms with Gasteiger partial charge < -0.3 is 19.0 Å². The van der Waals surface area contributed by atoms with Crippen LogP contribution in [0.1, 0.15) is 46.5 Å². The highest BCUT2D eigenvalue weighted by molar-refractivity contribution is 5.98. The molecule has 2 aromatic carbocycles. The van der Waals surface area contributed by atoms with E-state index in [1.165, 1.54) is 0 Å². The number of amides is 1. The van der Waals surface area contributed by atoms with Gasteiger partial charge in [0.15, 0.2) is 5.89 Å². The molecule has 1 atom stereocenters. The Labute approximate surface area is 180 Å². The largest absolute Gasteiger partial charge is 0.497 e. The summed E-state index contributed by atoms with van der Waals surface area (Å²) < 4.78 is 11.4. The van der Waals surface area contributed by atoms with E-state index in [9.17, 15) is 4.79 Å². The zero-order chi connectivity index (χ0) is 21.2. The van der Waals surface area contributed by atoms with E-state index in [4.69, 9.17) is 9.15 Å². The van der Waals surface area contributed by atoms with E-state index >= 15 is 0 Å². The van der Waals surface area contributed by atoms with Gasteiger partial charge in [0.2, 0.25) is 0 Å². The molecular formula is C25H25N3O3. The van der Waals surface area contributed by atoms with Crippen LogP contribution in [0.15, 0.2) is 65.2 Å². The van der Waals surface area contributed by atoms with Crippen molar-refractivity contribution in [1.29, 1.82) is 0 Å². The lowest BCUT2D eigenvalue weighted by Crippen LogP contribution is -2.39. The maximum atomic E-state index is 13.1. The smallest absolute Gasteiger partial charge is 0.270 e. The quantitative estimate of drug-likeness (QED) is 0.509. The predicted molar refractivity (Wildman–Crippen MR) is 118 cm³/mol. The minimum atomic E-state index is 0.0315. The molecule has 4 aromatic rings. The summed E-state index contributed by atoms with van der Waals surface area (Å²) in [5.41, 5.74) is 2.73. The molecule has 2 aromatic heterocycles. The van der Waals surface area contributed by atoms with Crippen LogP contribution in [0.2, 0.25) is 0 Å². The molecule has 1 amide bonds. The van der Waals surface area contributed by atoms with Crippen molar-refractivity contribution in [3.8, 4) is 5.75 Å². The number of aromatic nitrogens is 2. The number of oxazole rings is 1. The number of rotatable bonds is 5. The molecule has 0 radical (unpaired) electrons. The van der Waals surface area contributed by atoms with Gasteiger partial charge in [0.1, 0.15) is 17.2 Å². The molecule has 1 aliphatic rings. The second kappa shape index (κ2) is 8.30. The third-order valence-electron chi connectivity index (χ3n) is 5.90. The fourth-order valence-electron chi connectivity index (χ4n) is 4.30. The fraction of sp³-hybridized carbons (Fsp3) is 0.280. The van der Waals surface area contributed by atoms with Gasteiger partial charge in [0.25, 0.3) is 5.91 Å². The minimum absolute atomic E-state index is 0.0315. The third-order valence-corrected chi connectivity index (χ3v) is 5.90. The van der Waals surface area contributed by atoms with Crippen LogP contribution in [-0.2, 0) is 6.42 Å². The molecule has 0 spiro atoms. The number of carbonyl (C=O) groups is 1. The van der Waals surface area contributed by atoms with Gasteiger partial charge in [-0.25, -0.2) is 4.98 Å². The van der Waals surface area contributed by atoms with Gasteiger partial charge in [-0.1, -0.05) is 30.3 Å². The molecule has 1 saturated heterocycles. The maximum Gasteiger partial charge on any atom is 0.270 e. The third kappa shape index (κ3) is 4.06. The van der Waals surface area contributed by atoms with Gasteiger partial charge in [-0.2, -0.15) is 0 Å². The molecule has 0 aliphatic carbocycles. The number of nitrogens with one attached hydrogen (secondary N) is 1. The maximum absolute atomic E-state index is 13.1. The van der Waals surface area contributed by atoms with E-state index in [1.807, 2.05) is 59.5 Å². The first kappa shape index (κ1) is 19.4. The van der Waals surface area contributed by atoms with E-state index in [0.717, 1.165) is 47.4 Å². The Morgan fingerprint density at radius 1 is 1.23 bits per heavy atom. The van der Waals surface area contributed by atoms with Crippen LogP contribution in [0.5, 0.6) is 5.75 Å². The van der Waals surface area contributed by atoms with Crippen molar-refractivity contribution in [2.24, 2.45) is 0 Å². The summed E-state index contributed by atoms with van der Waals surface area (Å²) in [5.74, 6) is 2.51. The van der Waals surface area contributed by atoms with Crippen molar-refractivity contribution in [1.82, 2.24) is 14.9 Å². The summed E-state index contributed by atoms with van der Waals surface area (Å²) >= 11 is 0. The molecule has 1 N–H and O–H groups in total. The lowest BCUT2D eigenvalue weighted by molar-refractivity contribution is 0.0693. The Kier molecular flexibility index (Phi) is 5.20. The van der Waals surface area contributed by atoms with Crippen LogP contribution in [0, 0.1) is 0 Å². The number of hydrogen-bond acceptors (Lipinski definition) is 4. The summed E-state index contributed by atoms with van der Waals surface area (Å²) in [4.78, 5) is 22.8. The highest BCUT2D eigenvalue weighted by Gasteiger charge is 2.29. The average molecular weight is 415 g/mol. The number of aromatic amines is 1. The first-order valence-electron chi connectivity index (χ1n) is 10.6. The van der Waals surface area contributed by atoms with Crippen LogP contribution in [0.25, 0.3) is 10.9 Å². The number of hydrogen-bond donors (Lipinski definition) is 1. The van der Waals surface area contributed by atoms with E-state index in [1.54, 1.807) is 13.3 Å².